The number of alkyl halides is 3. The second-order valence-corrected chi connectivity index (χ2v) is 8.43. The molecule has 2 heterocycles. The van der Waals surface area contributed by atoms with E-state index in [-0.39, 0.29) is 36.9 Å². The van der Waals surface area contributed by atoms with E-state index < -0.39 is 27.8 Å². The lowest BCUT2D eigenvalue weighted by Crippen LogP contribution is -2.14. The maximum atomic E-state index is 12.9. The number of amides is 1. The van der Waals surface area contributed by atoms with Crippen LogP contribution in [0, 0.1) is 6.92 Å². The van der Waals surface area contributed by atoms with Crippen LogP contribution in [0.25, 0.3) is 10.2 Å². The van der Waals surface area contributed by atoms with E-state index in [9.17, 15) is 26.4 Å². The summed E-state index contributed by atoms with van der Waals surface area (Å²) in [5.41, 5.74) is 5.44. The zero-order valence-corrected chi connectivity index (χ0v) is 15.8. The molecule has 3 rings (SSSR count). The summed E-state index contributed by atoms with van der Waals surface area (Å²) in [5.74, 6) is -0.656. The number of sulfonamides is 1. The lowest BCUT2D eigenvalue weighted by Gasteiger charge is -2.07. The number of carbonyl (C=O) groups excluding carboxylic acids is 1. The first-order valence-corrected chi connectivity index (χ1v) is 9.95. The number of fused-ring (bicyclic) bond motifs is 1. The molecular formula is C16H13F3N4O3S2. The number of hydrogen-bond acceptors (Lipinski definition) is 6. The van der Waals surface area contributed by atoms with E-state index in [0.717, 1.165) is 17.4 Å². The Morgan fingerprint density at radius 2 is 1.82 bits per heavy atom. The van der Waals surface area contributed by atoms with Crippen LogP contribution in [0.15, 0.2) is 35.2 Å². The zero-order chi connectivity index (χ0) is 20.9. The molecule has 0 aliphatic heterocycles. The number of hydrogen-bond donors (Lipinski definition) is 3. The van der Waals surface area contributed by atoms with Crippen molar-refractivity contribution in [2.45, 2.75) is 18.0 Å². The highest BCUT2D eigenvalue weighted by atomic mass is 32.2. The molecule has 0 bridgehead atoms. The van der Waals surface area contributed by atoms with Gasteiger partial charge >= 0.3 is 6.18 Å². The van der Waals surface area contributed by atoms with E-state index in [1.807, 2.05) is 0 Å². The predicted molar refractivity (Wildman–Crippen MR) is 99.5 cm³/mol. The highest BCUT2D eigenvalue weighted by molar-refractivity contribution is 7.89. The van der Waals surface area contributed by atoms with Gasteiger partial charge in [0.25, 0.3) is 5.91 Å². The SMILES string of the molecule is Cc1cc(C(F)(F)F)nc2sc(C(=O)Nc3ccc(S(N)(=O)=O)cc3)c(N)c12. The maximum absolute atomic E-state index is 12.9. The molecule has 28 heavy (non-hydrogen) atoms. The number of nitrogens with zero attached hydrogens (tertiary/aromatic N) is 1. The number of pyridine rings is 1. The monoisotopic (exact) mass is 430 g/mol. The summed E-state index contributed by atoms with van der Waals surface area (Å²) in [5, 5.41) is 7.80. The van der Waals surface area contributed by atoms with Crippen molar-refractivity contribution in [1.82, 2.24) is 4.98 Å². The summed E-state index contributed by atoms with van der Waals surface area (Å²) >= 11 is 0.739. The molecular weight excluding hydrogens is 417 g/mol. The number of benzene rings is 1. The number of thiophene rings is 1. The fraction of sp³-hybridized carbons (Fsp3) is 0.125. The van der Waals surface area contributed by atoms with Crippen LogP contribution in [0.2, 0.25) is 0 Å². The van der Waals surface area contributed by atoms with E-state index in [0.29, 0.717) is 0 Å². The zero-order valence-electron chi connectivity index (χ0n) is 14.2. The lowest BCUT2D eigenvalue weighted by molar-refractivity contribution is -0.141. The molecule has 0 spiro atoms. The van der Waals surface area contributed by atoms with Crippen molar-refractivity contribution in [3.63, 3.8) is 0 Å². The van der Waals surface area contributed by atoms with Crippen LogP contribution < -0.4 is 16.2 Å². The van der Waals surface area contributed by atoms with Gasteiger partial charge in [-0.3, -0.25) is 4.79 Å². The van der Waals surface area contributed by atoms with Crippen molar-refractivity contribution in [2.24, 2.45) is 5.14 Å². The molecule has 5 N–H and O–H groups in total. The minimum absolute atomic E-state index is 0.000414. The van der Waals surface area contributed by atoms with E-state index in [4.69, 9.17) is 10.9 Å². The molecule has 12 heteroatoms. The number of nitrogens with one attached hydrogen (secondary N) is 1. The topological polar surface area (TPSA) is 128 Å². The standard InChI is InChI=1S/C16H13F3N4O3S2/c1-7-6-10(16(17,18)19)23-15-11(7)12(20)13(27-15)14(24)22-8-2-4-9(5-3-8)28(21,25)26/h2-6H,20H2,1H3,(H,22,24)(H2,21,25,26). The summed E-state index contributed by atoms with van der Waals surface area (Å²) in [4.78, 5) is 15.9. The fourth-order valence-corrected chi connectivity index (χ4v) is 4.12. The van der Waals surface area contributed by atoms with Crippen molar-refractivity contribution in [2.75, 3.05) is 11.1 Å². The Morgan fingerprint density at radius 1 is 1.21 bits per heavy atom. The molecule has 0 aliphatic carbocycles. The summed E-state index contributed by atoms with van der Waals surface area (Å²) in [6, 6.07) is 5.94. The number of primary sulfonamides is 1. The highest BCUT2D eigenvalue weighted by Gasteiger charge is 2.34. The molecule has 3 aromatic rings. The average molecular weight is 430 g/mol. The first kappa shape index (κ1) is 20.0. The van der Waals surface area contributed by atoms with Gasteiger partial charge in [0.2, 0.25) is 10.0 Å². The third-order valence-electron chi connectivity index (χ3n) is 3.83. The number of carbonyl (C=O) groups is 1. The summed E-state index contributed by atoms with van der Waals surface area (Å²) in [6.45, 7) is 1.45. The van der Waals surface area contributed by atoms with Crippen molar-refractivity contribution >= 4 is 48.9 Å². The second-order valence-electron chi connectivity index (χ2n) is 5.87. The van der Waals surface area contributed by atoms with Crippen molar-refractivity contribution in [3.05, 3.63) is 46.5 Å². The van der Waals surface area contributed by atoms with Crippen LogP contribution in [0.1, 0.15) is 20.9 Å². The first-order valence-electron chi connectivity index (χ1n) is 7.59. The number of aryl methyl sites for hydroxylation is 1. The molecule has 1 amide bonds. The number of halogens is 3. The molecule has 0 aliphatic rings. The summed E-state index contributed by atoms with van der Waals surface area (Å²) < 4.78 is 61.3. The van der Waals surface area contributed by atoms with Crippen LogP contribution in [-0.4, -0.2) is 19.3 Å². The largest absolute Gasteiger partial charge is 0.433 e. The molecule has 0 unspecified atom stereocenters. The van der Waals surface area contributed by atoms with Crippen LogP contribution in [-0.2, 0) is 16.2 Å². The quantitative estimate of drug-likeness (QED) is 0.588. The van der Waals surface area contributed by atoms with Gasteiger partial charge in [0.05, 0.1) is 10.6 Å². The van der Waals surface area contributed by atoms with Crippen molar-refractivity contribution < 1.29 is 26.4 Å². The van der Waals surface area contributed by atoms with Gasteiger partial charge in [-0.15, -0.1) is 11.3 Å². The third-order valence-corrected chi connectivity index (χ3v) is 5.86. The van der Waals surface area contributed by atoms with Crippen molar-refractivity contribution in [3.8, 4) is 0 Å². The van der Waals surface area contributed by atoms with E-state index in [1.54, 1.807) is 0 Å². The van der Waals surface area contributed by atoms with Crippen LogP contribution in [0.4, 0.5) is 24.5 Å². The Kier molecular flexibility index (Phi) is 4.81. The van der Waals surface area contributed by atoms with E-state index in [1.165, 1.54) is 31.2 Å². The average Bonchev–Trinajstić information content (AvgIpc) is 2.91. The molecule has 0 atom stereocenters. The Balaban J connectivity index is 1.96. The van der Waals surface area contributed by atoms with Gasteiger partial charge in [0.1, 0.15) is 15.4 Å². The molecule has 1 aromatic carbocycles. The van der Waals surface area contributed by atoms with Gasteiger partial charge in [0, 0.05) is 11.1 Å². The molecule has 0 radical (unpaired) electrons. The Hall–Kier alpha value is -2.70. The Morgan fingerprint density at radius 3 is 2.36 bits per heavy atom. The fourth-order valence-electron chi connectivity index (χ4n) is 2.54. The van der Waals surface area contributed by atoms with E-state index >= 15 is 0 Å². The van der Waals surface area contributed by atoms with Gasteiger partial charge in [-0.05, 0) is 42.8 Å². The number of nitrogens with two attached hydrogens (primary N) is 2. The minimum atomic E-state index is -4.62. The first-order chi connectivity index (χ1) is 12.9. The molecule has 2 aromatic heterocycles. The van der Waals surface area contributed by atoms with E-state index in [2.05, 4.69) is 10.3 Å². The maximum Gasteiger partial charge on any atom is 0.433 e. The predicted octanol–water partition coefficient (Wildman–Crippen LogP) is 3.11. The van der Waals surface area contributed by atoms with Gasteiger partial charge < -0.3 is 11.1 Å². The Labute approximate surface area is 161 Å². The van der Waals surface area contributed by atoms with Gasteiger partial charge in [-0.25, -0.2) is 18.5 Å². The normalized spacial score (nSPS) is 12.3. The number of aromatic nitrogens is 1. The molecule has 0 saturated carbocycles. The van der Waals surface area contributed by atoms with Crippen LogP contribution >= 0.6 is 11.3 Å². The molecule has 7 nitrogen and oxygen atoms in total. The number of rotatable bonds is 3. The molecule has 0 saturated heterocycles. The minimum Gasteiger partial charge on any atom is -0.397 e. The molecule has 0 fully saturated rings. The molecule has 148 valence electrons. The summed E-state index contributed by atoms with van der Waals surface area (Å²) in [7, 11) is -3.88. The smallest absolute Gasteiger partial charge is 0.397 e. The number of nitrogen functional groups attached to an aromatic ring is 1. The third kappa shape index (κ3) is 3.79. The highest BCUT2D eigenvalue weighted by Crippen LogP contribution is 2.38. The van der Waals surface area contributed by atoms with Gasteiger partial charge in [-0.1, -0.05) is 0 Å². The van der Waals surface area contributed by atoms with Crippen LogP contribution in [0.3, 0.4) is 0 Å². The number of anilines is 2. The van der Waals surface area contributed by atoms with Gasteiger partial charge in [-0.2, -0.15) is 13.2 Å². The summed E-state index contributed by atoms with van der Waals surface area (Å²) in [6.07, 6.45) is -4.62. The van der Waals surface area contributed by atoms with Gasteiger partial charge in [0.15, 0.2) is 0 Å². The lowest BCUT2D eigenvalue weighted by atomic mass is 10.1. The van der Waals surface area contributed by atoms with Crippen molar-refractivity contribution in [1.29, 1.82) is 0 Å². The Bertz CT molecular complexity index is 1190. The van der Waals surface area contributed by atoms with Crippen LogP contribution in [0.5, 0.6) is 0 Å². The second kappa shape index (κ2) is 6.72.